The number of carbonyl (C=O) groups excluding carboxylic acids is 2. The van der Waals surface area contributed by atoms with Gasteiger partial charge >= 0.3 is 0 Å². The predicted molar refractivity (Wildman–Crippen MR) is 94.9 cm³/mol. The van der Waals surface area contributed by atoms with Crippen LogP contribution in [0.4, 0.5) is 14.5 Å². The van der Waals surface area contributed by atoms with Gasteiger partial charge in [0.05, 0.1) is 16.2 Å². The minimum atomic E-state index is -0.537. The summed E-state index contributed by atoms with van der Waals surface area (Å²) < 4.78 is 26.8. The molecule has 0 unspecified atom stereocenters. The molecule has 2 aromatic rings. The first-order valence-electron chi connectivity index (χ1n) is 7.69. The standard InChI is InChI=1S/C19H15F2NO2S/c1-11(2)25-17-16(12-6-8-13(20)9-7-12)18(23)22(19(17)24)15-5-3-4-14(21)10-15/h3-11H,1-2H3. The summed E-state index contributed by atoms with van der Waals surface area (Å²) in [5.41, 5.74) is 0.851. The molecule has 128 valence electrons. The van der Waals surface area contributed by atoms with E-state index in [1.165, 1.54) is 54.2 Å². The zero-order valence-corrected chi connectivity index (χ0v) is 14.4. The lowest BCUT2D eigenvalue weighted by atomic mass is 10.1. The highest BCUT2D eigenvalue weighted by Crippen LogP contribution is 2.39. The Morgan fingerprint density at radius 2 is 1.60 bits per heavy atom. The van der Waals surface area contributed by atoms with Crippen molar-refractivity contribution in [2.75, 3.05) is 4.90 Å². The summed E-state index contributed by atoms with van der Waals surface area (Å²) in [5.74, 6) is -1.99. The molecule has 0 spiro atoms. The first-order valence-corrected chi connectivity index (χ1v) is 8.57. The van der Waals surface area contributed by atoms with Gasteiger partial charge < -0.3 is 0 Å². The van der Waals surface area contributed by atoms with E-state index in [4.69, 9.17) is 0 Å². The van der Waals surface area contributed by atoms with Crippen molar-refractivity contribution in [1.82, 2.24) is 0 Å². The number of thioether (sulfide) groups is 1. The number of imide groups is 1. The number of carbonyl (C=O) groups is 2. The number of amides is 2. The molecule has 3 nitrogen and oxygen atoms in total. The quantitative estimate of drug-likeness (QED) is 0.760. The normalized spacial score (nSPS) is 14.8. The molecule has 0 bridgehead atoms. The van der Waals surface area contributed by atoms with Gasteiger partial charge in [0.2, 0.25) is 0 Å². The van der Waals surface area contributed by atoms with Crippen molar-refractivity contribution in [1.29, 1.82) is 0 Å². The summed E-state index contributed by atoms with van der Waals surface area (Å²) >= 11 is 1.26. The number of benzene rings is 2. The average molecular weight is 359 g/mol. The maximum atomic E-state index is 13.5. The third-order valence-corrected chi connectivity index (χ3v) is 4.68. The first kappa shape index (κ1) is 17.4. The van der Waals surface area contributed by atoms with Gasteiger partial charge in [0.25, 0.3) is 11.8 Å². The fraction of sp³-hybridized carbons (Fsp3) is 0.158. The molecule has 0 aliphatic carbocycles. The van der Waals surface area contributed by atoms with Crippen LogP contribution >= 0.6 is 11.8 Å². The van der Waals surface area contributed by atoms with Gasteiger partial charge in [-0.3, -0.25) is 9.59 Å². The lowest BCUT2D eigenvalue weighted by Gasteiger charge is -2.15. The van der Waals surface area contributed by atoms with E-state index in [1.807, 2.05) is 13.8 Å². The molecule has 6 heteroatoms. The molecule has 1 heterocycles. The maximum absolute atomic E-state index is 13.5. The van der Waals surface area contributed by atoms with E-state index in [0.717, 1.165) is 11.0 Å². The molecule has 2 aromatic carbocycles. The molecule has 0 fully saturated rings. The van der Waals surface area contributed by atoms with Crippen molar-refractivity contribution in [2.45, 2.75) is 19.1 Å². The molecule has 0 aromatic heterocycles. The Labute approximate surface area is 148 Å². The highest BCUT2D eigenvalue weighted by molar-refractivity contribution is 8.04. The van der Waals surface area contributed by atoms with Crippen molar-refractivity contribution >= 4 is 34.8 Å². The molecular weight excluding hydrogens is 344 g/mol. The molecule has 1 aliphatic heterocycles. The van der Waals surface area contributed by atoms with Gasteiger partial charge in [-0.05, 0) is 35.9 Å². The summed E-state index contributed by atoms with van der Waals surface area (Å²) in [7, 11) is 0. The number of anilines is 1. The Kier molecular flexibility index (Phi) is 4.72. The Bertz CT molecular complexity index is 875. The highest BCUT2D eigenvalue weighted by atomic mass is 32.2. The van der Waals surface area contributed by atoms with Gasteiger partial charge in [-0.15, -0.1) is 11.8 Å². The topological polar surface area (TPSA) is 37.4 Å². The molecule has 2 amide bonds. The number of hydrogen-bond donors (Lipinski definition) is 0. The zero-order chi connectivity index (χ0) is 18.1. The smallest absolute Gasteiger partial charge is 0.268 e. The predicted octanol–water partition coefficient (Wildman–Crippen LogP) is 4.39. The van der Waals surface area contributed by atoms with Gasteiger partial charge in [0, 0.05) is 5.25 Å². The number of hydrogen-bond acceptors (Lipinski definition) is 3. The SMILES string of the molecule is CC(C)SC1=C(c2ccc(F)cc2)C(=O)N(c2cccc(F)c2)C1=O. The van der Waals surface area contributed by atoms with Crippen LogP contribution in [0.3, 0.4) is 0 Å². The Morgan fingerprint density at radius 1 is 0.920 bits per heavy atom. The van der Waals surface area contributed by atoms with Crippen LogP contribution in [0.1, 0.15) is 19.4 Å². The maximum Gasteiger partial charge on any atom is 0.272 e. The third kappa shape index (κ3) is 3.35. The van der Waals surface area contributed by atoms with Crippen molar-refractivity contribution < 1.29 is 18.4 Å². The monoisotopic (exact) mass is 359 g/mol. The Balaban J connectivity index is 2.11. The van der Waals surface area contributed by atoms with Crippen LogP contribution in [-0.4, -0.2) is 17.1 Å². The number of nitrogens with zero attached hydrogens (tertiary/aromatic N) is 1. The molecule has 0 radical (unpaired) electrons. The molecule has 0 saturated carbocycles. The fourth-order valence-electron chi connectivity index (χ4n) is 2.58. The number of rotatable bonds is 4. The summed E-state index contributed by atoms with van der Waals surface area (Å²) in [6.07, 6.45) is 0. The lowest BCUT2D eigenvalue weighted by molar-refractivity contribution is -0.119. The van der Waals surface area contributed by atoms with Crippen molar-refractivity contribution in [3.05, 3.63) is 70.6 Å². The summed E-state index contributed by atoms with van der Waals surface area (Å²) in [5, 5.41) is 0.0645. The van der Waals surface area contributed by atoms with Crippen LogP contribution in [-0.2, 0) is 9.59 Å². The second kappa shape index (κ2) is 6.80. The fourth-order valence-corrected chi connectivity index (χ4v) is 3.56. The molecule has 0 atom stereocenters. The van der Waals surface area contributed by atoms with E-state index in [2.05, 4.69) is 0 Å². The van der Waals surface area contributed by atoms with E-state index >= 15 is 0 Å². The van der Waals surface area contributed by atoms with Crippen molar-refractivity contribution in [3.63, 3.8) is 0 Å². The largest absolute Gasteiger partial charge is 0.272 e. The van der Waals surface area contributed by atoms with Crippen LogP contribution in [0.25, 0.3) is 5.57 Å². The third-order valence-electron chi connectivity index (χ3n) is 3.59. The first-order chi connectivity index (χ1) is 11.9. The second-order valence-corrected chi connectivity index (χ2v) is 7.39. The van der Waals surface area contributed by atoms with Crippen LogP contribution in [0.15, 0.2) is 53.4 Å². The molecule has 0 N–H and O–H groups in total. The minimum Gasteiger partial charge on any atom is -0.268 e. The Hall–Kier alpha value is -2.47. The van der Waals surface area contributed by atoms with Gasteiger partial charge in [-0.1, -0.05) is 32.0 Å². The van der Waals surface area contributed by atoms with E-state index < -0.39 is 23.4 Å². The van der Waals surface area contributed by atoms with Crippen molar-refractivity contribution in [2.24, 2.45) is 0 Å². The van der Waals surface area contributed by atoms with E-state index in [-0.39, 0.29) is 21.4 Å². The lowest BCUT2D eigenvalue weighted by Crippen LogP contribution is -2.31. The molecular formula is C19H15F2NO2S. The van der Waals surface area contributed by atoms with E-state index in [9.17, 15) is 18.4 Å². The van der Waals surface area contributed by atoms with Gasteiger partial charge in [-0.2, -0.15) is 0 Å². The van der Waals surface area contributed by atoms with E-state index in [0.29, 0.717) is 5.56 Å². The van der Waals surface area contributed by atoms with Crippen LogP contribution in [0.5, 0.6) is 0 Å². The minimum absolute atomic E-state index is 0.0645. The summed E-state index contributed by atoms with van der Waals surface area (Å²) in [6, 6.07) is 10.7. The Morgan fingerprint density at radius 3 is 2.20 bits per heavy atom. The van der Waals surface area contributed by atoms with Gasteiger partial charge in [0.15, 0.2) is 0 Å². The van der Waals surface area contributed by atoms with Crippen molar-refractivity contribution in [3.8, 4) is 0 Å². The molecule has 3 rings (SSSR count). The molecule has 25 heavy (non-hydrogen) atoms. The van der Waals surface area contributed by atoms with Crippen LogP contribution in [0, 0.1) is 11.6 Å². The number of halogens is 2. The summed E-state index contributed by atoms with van der Waals surface area (Å²) in [4.78, 5) is 27.0. The van der Waals surface area contributed by atoms with Gasteiger partial charge in [0.1, 0.15) is 11.6 Å². The molecule has 1 aliphatic rings. The average Bonchev–Trinajstić information content (AvgIpc) is 2.78. The second-order valence-electron chi connectivity index (χ2n) is 5.80. The van der Waals surface area contributed by atoms with Crippen LogP contribution < -0.4 is 4.90 Å². The van der Waals surface area contributed by atoms with Gasteiger partial charge in [-0.25, -0.2) is 13.7 Å². The van der Waals surface area contributed by atoms with E-state index in [1.54, 1.807) is 0 Å². The summed E-state index contributed by atoms with van der Waals surface area (Å²) in [6.45, 7) is 3.81. The molecule has 0 saturated heterocycles. The highest BCUT2D eigenvalue weighted by Gasteiger charge is 2.40. The van der Waals surface area contributed by atoms with Crippen LogP contribution in [0.2, 0.25) is 0 Å². The zero-order valence-electron chi connectivity index (χ0n) is 13.6.